The number of nitrogens with zero attached hydrogens (tertiary/aromatic N) is 2. The van der Waals surface area contributed by atoms with Gasteiger partial charge in [-0.25, -0.2) is 13.2 Å². The second-order valence-electron chi connectivity index (χ2n) is 4.80. The van der Waals surface area contributed by atoms with Crippen molar-refractivity contribution in [3.05, 3.63) is 39.6 Å². The molecule has 0 aliphatic heterocycles. The van der Waals surface area contributed by atoms with Gasteiger partial charge >= 0.3 is 0 Å². The third-order valence-electron chi connectivity index (χ3n) is 3.58. The van der Waals surface area contributed by atoms with Crippen LogP contribution in [0, 0.1) is 15.3 Å². The van der Waals surface area contributed by atoms with E-state index in [2.05, 4.69) is 49.7 Å². The molecule has 3 aromatic rings. The van der Waals surface area contributed by atoms with Gasteiger partial charge in [0.25, 0.3) is 0 Å². The quantitative estimate of drug-likeness (QED) is 0.310. The zero-order chi connectivity index (χ0) is 17.4. The van der Waals surface area contributed by atoms with Gasteiger partial charge < -0.3 is 9.47 Å². The summed E-state index contributed by atoms with van der Waals surface area (Å²) in [6, 6.07) is 6.42. The number of rotatable bonds is 4. The van der Waals surface area contributed by atoms with E-state index in [0.29, 0.717) is 11.9 Å². The minimum Gasteiger partial charge on any atom is -0.494 e. The molecular formula is C15H11F2I2N2O2P. The van der Waals surface area contributed by atoms with Crippen LogP contribution in [0.2, 0.25) is 0 Å². The summed E-state index contributed by atoms with van der Waals surface area (Å²) in [5.41, 5.74) is 1.06. The zero-order valence-electron chi connectivity index (χ0n) is 12.5. The van der Waals surface area contributed by atoms with E-state index in [-0.39, 0.29) is 17.1 Å². The second kappa shape index (κ2) is 7.25. The molecule has 0 amide bonds. The summed E-state index contributed by atoms with van der Waals surface area (Å²) in [5, 5.41) is 5.37. The Balaban J connectivity index is 2.31. The molecule has 0 saturated carbocycles. The lowest BCUT2D eigenvalue weighted by Gasteiger charge is -2.13. The molecule has 0 saturated heterocycles. The van der Waals surface area contributed by atoms with Crippen LogP contribution in [-0.2, 0) is 0 Å². The van der Waals surface area contributed by atoms with Crippen LogP contribution >= 0.6 is 51.0 Å². The Labute approximate surface area is 165 Å². The summed E-state index contributed by atoms with van der Waals surface area (Å²) in [7, 11) is 2.66. The Morgan fingerprint density at radius 3 is 2.25 bits per heavy atom. The van der Waals surface area contributed by atoms with E-state index in [1.54, 1.807) is 12.1 Å². The van der Waals surface area contributed by atoms with Gasteiger partial charge in [-0.2, -0.15) is 5.10 Å². The van der Waals surface area contributed by atoms with Gasteiger partial charge in [-0.15, -0.1) is 0 Å². The van der Waals surface area contributed by atoms with Crippen molar-refractivity contribution in [1.29, 1.82) is 0 Å². The largest absolute Gasteiger partial charge is 0.494 e. The second-order valence-corrected chi connectivity index (χ2v) is 7.86. The average molecular weight is 574 g/mol. The highest BCUT2D eigenvalue weighted by atomic mass is 127. The Kier molecular flexibility index (Phi) is 5.45. The first-order valence-electron chi connectivity index (χ1n) is 6.67. The van der Waals surface area contributed by atoms with Crippen molar-refractivity contribution in [2.24, 2.45) is 0 Å². The molecule has 0 spiro atoms. The van der Waals surface area contributed by atoms with Crippen molar-refractivity contribution in [3.63, 3.8) is 0 Å². The molecule has 24 heavy (non-hydrogen) atoms. The number of fused-ring (bicyclic) bond motifs is 1. The summed E-state index contributed by atoms with van der Waals surface area (Å²) >= 11 is 4.36. The molecule has 2 aromatic carbocycles. The van der Waals surface area contributed by atoms with Crippen molar-refractivity contribution >= 4 is 61.9 Å². The van der Waals surface area contributed by atoms with Crippen LogP contribution in [0.1, 0.15) is 0 Å². The molecule has 0 aliphatic rings. The SMILES string of the molecule is COc1cc(OC)c(F)c(-c2ccc3c(I)nn(PI)c3c2)c1F. The van der Waals surface area contributed by atoms with E-state index in [9.17, 15) is 8.78 Å². The normalized spacial score (nSPS) is 11.6. The van der Waals surface area contributed by atoms with E-state index < -0.39 is 11.6 Å². The summed E-state index contributed by atoms with van der Waals surface area (Å²) in [6.07, 6.45) is 0.383. The molecule has 9 heteroatoms. The molecule has 1 unspecified atom stereocenters. The van der Waals surface area contributed by atoms with Gasteiger partial charge in [0, 0.05) is 11.5 Å². The van der Waals surface area contributed by atoms with Gasteiger partial charge in [0.1, 0.15) is 3.70 Å². The molecule has 0 radical (unpaired) electrons. The lowest BCUT2D eigenvalue weighted by Crippen LogP contribution is -1.99. The topological polar surface area (TPSA) is 36.3 Å². The molecule has 1 aromatic heterocycles. The van der Waals surface area contributed by atoms with Crippen LogP contribution in [-0.4, -0.2) is 23.8 Å². The van der Waals surface area contributed by atoms with Crippen LogP contribution in [0.15, 0.2) is 24.3 Å². The van der Waals surface area contributed by atoms with Crippen molar-refractivity contribution in [3.8, 4) is 22.6 Å². The highest BCUT2D eigenvalue weighted by Gasteiger charge is 2.22. The number of halogens is 4. The third-order valence-corrected chi connectivity index (χ3v) is 6.25. The number of aromatic nitrogens is 2. The minimum atomic E-state index is -0.757. The Morgan fingerprint density at radius 1 is 1.08 bits per heavy atom. The lowest BCUT2D eigenvalue weighted by molar-refractivity contribution is 0.360. The number of hydrogen-bond acceptors (Lipinski definition) is 3. The van der Waals surface area contributed by atoms with Crippen molar-refractivity contribution in [2.45, 2.75) is 0 Å². The van der Waals surface area contributed by atoms with Gasteiger partial charge in [0.15, 0.2) is 23.1 Å². The third kappa shape index (κ3) is 2.96. The van der Waals surface area contributed by atoms with Crippen LogP contribution in [0.4, 0.5) is 8.78 Å². The first kappa shape index (κ1) is 18.1. The van der Waals surface area contributed by atoms with E-state index in [1.165, 1.54) is 20.3 Å². The molecule has 0 bridgehead atoms. The molecule has 0 N–H and O–H groups in total. The van der Waals surface area contributed by atoms with Crippen molar-refractivity contribution in [1.82, 2.24) is 9.55 Å². The molecule has 126 valence electrons. The maximum atomic E-state index is 14.7. The molecule has 4 nitrogen and oxygen atoms in total. The number of ether oxygens (including phenoxy) is 2. The van der Waals surface area contributed by atoms with E-state index in [1.807, 2.05) is 10.5 Å². The fourth-order valence-corrected chi connectivity index (χ4v) is 4.83. The highest BCUT2D eigenvalue weighted by molar-refractivity contribution is 14.2. The van der Waals surface area contributed by atoms with Crippen LogP contribution in [0.5, 0.6) is 11.5 Å². The first-order chi connectivity index (χ1) is 11.5. The molecule has 0 fully saturated rings. The summed E-state index contributed by atoms with van der Waals surface area (Å²) in [4.78, 5) is 0. The Morgan fingerprint density at radius 2 is 1.71 bits per heavy atom. The summed E-state index contributed by atoms with van der Waals surface area (Å²) in [5.74, 6) is -1.65. The van der Waals surface area contributed by atoms with Crippen molar-refractivity contribution in [2.75, 3.05) is 14.2 Å². The van der Waals surface area contributed by atoms with Crippen LogP contribution < -0.4 is 9.47 Å². The predicted octanol–water partition coefficient (Wildman–Crippen LogP) is 5.39. The minimum absolute atomic E-state index is 0.0674. The fraction of sp³-hybridized carbons (Fsp3) is 0.133. The smallest absolute Gasteiger partial charge is 0.176 e. The van der Waals surface area contributed by atoms with E-state index in [4.69, 9.17) is 9.47 Å². The van der Waals surface area contributed by atoms with Crippen LogP contribution in [0.25, 0.3) is 22.0 Å². The highest BCUT2D eigenvalue weighted by Crippen LogP contribution is 2.39. The standard InChI is InChI=1S/C15H11F2I2N2O2P/c1-22-10-6-11(23-2)14(17)12(13(10)16)7-3-4-8-9(5-7)21(24-19)20-15(8)18/h3-6,24H,1-2H3. The van der Waals surface area contributed by atoms with E-state index in [0.717, 1.165) is 14.6 Å². The van der Waals surface area contributed by atoms with Gasteiger partial charge in [-0.3, -0.25) is 0 Å². The van der Waals surface area contributed by atoms with Gasteiger partial charge in [0.05, 0.1) is 31.7 Å². The van der Waals surface area contributed by atoms with Gasteiger partial charge in [-0.1, -0.05) is 6.07 Å². The molecule has 1 heterocycles. The Bertz CT molecular complexity index is 905. The maximum absolute atomic E-state index is 14.7. The number of benzene rings is 2. The zero-order valence-corrected chi connectivity index (χ0v) is 17.8. The average Bonchev–Trinajstić information content (AvgIpc) is 2.91. The van der Waals surface area contributed by atoms with E-state index >= 15 is 0 Å². The maximum Gasteiger partial charge on any atom is 0.176 e. The van der Waals surface area contributed by atoms with Gasteiger partial charge in [-0.05, 0) is 62.3 Å². The fourth-order valence-electron chi connectivity index (χ4n) is 2.44. The predicted molar refractivity (Wildman–Crippen MR) is 109 cm³/mol. The van der Waals surface area contributed by atoms with Crippen LogP contribution in [0.3, 0.4) is 0 Å². The molecule has 3 rings (SSSR count). The number of hydrogen-bond donors (Lipinski definition) is 0. The molecule has 1 atom stereocenters. The van der Waals surface area contributed by atoms with Gasteiger partial charge in [0.2, 0.25) is 0 Å². The first-order valence-corrected chi connectivity index (χ1v) is 11.8. The lowest BCUT2D eigenvalue weighted by atomic mass is 10.0. The Hall–Kier alpha value is -0.740. The van der Waals surface area contributed by atoms with Crippen molar-refractivity contribution < 1.29 is 18.3 Å². The molecular weight excluding hydrogens is 563 g/mol. The summed E-state index contributed by atoms with van der Waals surface area (Å²) in [6.45, 7) is 0. The number of methoxy groups -OCH3 is 2. The monoisotopic (exact) mass is 574 g/mol. The summed E-state index contributed by atoms with van der Waals surface area (Å²) < 4.78 is 42.0. The molecule has 0 aliphatic carbocycles.